The van der Waals surface area contributed by atoms with E-state index in [1.165, 1.54) is 32.2 Å². The molecule has 0 heterocycles. The van der Waals surface area contributed by atoms with Crippen LogP contribution in [0.1, 0.15) is 23.7 Å². The fourth-order valence-electron chi connectivity index (χ4n) is 1.63. The quantitative estimate of drug-likeness (QED) is 0.819. The number of methoxy groups -OCH3 is 1. The molecular weight excluding hydrogens is 291 g/mol. The van der Waals surface area contributed by atoms with Gasteiger partial charge in [-0.3, -0.25) is 9.59 Å². The number of hydrogen-bond donors (Lipinski definition) is 1. The zero-order valence-electron chi connectivity index (χ0n) is 10.6. The molecule has 1 unspecified atom stereocenters. The number of carbonyl (C=O) groups excluding carboxylic acids is 1. The van der Waals surface area contributed by atoms with E-state index < -0.39 is 11.4 Å². The first-order valence-corrected chi connectivity index (χ1v) is 6.26. The number of rotatable bonds is 6. The van der Waals surface area contributed by atoms with Crippen LogP contribution >= 0.6 is 23.2 Å². The lowest BCUT2D eigenvalue weighted by Gasteiger charge is -2.22. The van der Waals surface area contributed by atoms with Crippen LogP contribution in [0, 0.1) is 5.41 Å². The molecule has 0 aromatic heterocycles. The van der Waals surface area contributed by atoms with Gasteiger partial charge in [0.05, 0.1) is 22.1 Å². The Hall–Kier alpha value is -1.10. The van der Waals surface area contributed by atoms with Gasteiger partial charge in [0.2, 0.25) is 0 Å². The summed E-state index contributed by atoms with van der Waals surface area (Å²) in [4.78, 5) is 23.3. The number of ketones is 1. The van der Waals surface area contributed by atoms with Crippen molar-refractivity contribution >= 4 is 35.0 Å². The molecule has 1 atom stereocenters. The Bertz CT molecular complexity index is 501. The van der Waals surface area contributed by atoms with Crippen molar-refractivity contribution in [3.63, 3.8) is 0 Å². The molecule has 0 amide bonds. The zero-order valence-corrected chi connectivity index (χ0v) is 12.1. The van der Waals surface area contributed by atoms with Gasteiger partial charge in [-0.05, 0) is 25.1 Å². The second-order valence-corrected chi connectivity index (χ2v) is 5.34. The van der Waals surface area contributed by atoms with Gasteiger partial charge < -0.3 is 9.84 Å². The molecule has 6 heteroatoms. The number of carboxylic acids is 1. The Morgan fingerprint density at radius 3 is 2.42 bits per heavy atom. The Morgan fingerprint density at radius 1 is 1.32 bits per heavy atom. The maximum atomic E-state index is 12.1. The van der Waals surface area contributed by atoms with E-state index in [2.05, 4.69) is 0 Å². The highest BCUT2D eigenvalue weighted by Gasteiger charge is 2.36. The van der Waals surface area contributed by atoms with Crippen molar-refractivity contribution in [3.8, 4) is 0 Å². The van der Waals surface area contributed by atoms with Crippen molar-refractivity contribution < 1.29 is 19.4 Å². The minimum absolute atomic E-state index is 0.0462. The summed E-state index contributed by atoms with van der Waals surface area (Å²) in [6.45, 7) is 1.42. The van der Waals surface area contributed by atoms with Gasteiger partial charge in [0, 0.05) is 19.1 Å². The first-order valence-electron chi connectivity index (χ1n) is 5.51. The second-order valence-electron chi connectivity index (χ2n) is 4.53. The van der Waals surface area contributed by atoms with E-state index in [0.717, 1.165) is 0 Å². The van der Waals surface area contributed by atoms with E-state index >= 15 is 0 Å². The monoisotopic (exact) mass is 304 g/mol. The lowest BCUT2D eigenvalue weighted by molar-refractivity contribution is -0.150. The van der Waals surface area contributed by atoms with Gasteiger partial charge in [-0.15, -0.1) is 0 Å². The molecule has 0 spiro atoms. The first kappa shape index (κ1) is 16.0. The molecule has 0 bridgehead atoms. The molecule has 0 aliphatic carbocycles. The van der Waals surface area contributed by atoms with Crippen LogP contribution in [-0.2, 0) is 9.53 Å². The molecule has 0 saturated carbocycles. The molecular formula is C13H14Cl2O4. The molecule has 1 aromatic rings. The molecule has 104 valence electrons. The van der Waals surface area contributed by atoms with Crippen molar-refractivity contribution in [2.45, 2.75) is 13.3 Å². The number of halogens is 2. The Kier molecular flexibility index (Phi) is 5.35. The third kappa shape index (κ3) is 3.93. The highest BCUT2D eigenvalue weighted by Crippen LogP contribution is 2.27. The van der Waals surface area contributed by atoms with Crippen molar-refractivity contribution in [2.75, 3.05) is 13.7 Å². The van der Waals surface area contributed by atoms with Crippen LogP contribution in [0.15, 0.2) is 18.2 Å². The second kappa shape index (κ2) is 6.37. The summed E-state index contributed by atoms with van der Waals surface area (Å²) in [5.41, 5.74) is -0.934. The first-order chi connectivity index (χ1) is 8.80. The number of Topliss-reactive ketones (excluding diaryl/α,β-unsaturated/α-hetero) is 1. The minimum Gasteiger partial charge on any atom is -0.481 e. The maximum Gasteiger partial charge on any atom is 0.312 e. The maximum absolute atomic E-state index is 12.1. The van der Waals surface area contributed by atoms with Crippen LogP contribution in [-0.4, -0.2) is 30.6 Å². The average molecular weight is 305 g/mol. The normalized spacial score (nSPS) is 13.9. The summed E-state index contributed by atoms with van der Waals surface area (Å²) >= 11 is 11.6. The Labute approximate surface area is 121 Å². The lowest BCUT2D eigenvalue weighted by atomic mass is 9.84. The van der Waals surface area contributed by atoms with Gasteiger partial charge >= 0.3 is 5.97 Å². The third-order valence-electron chi connectivity index (χ3n) is 2.77. The lowest BCUT2D eigenvalue weighted by Crippen LogP contribution is -2.34. The zero-order chi connectivity index (χ0) is 14.6. The van der Waals surface area contributed by atoms with E-state index in [4.69, 9.17) is 27.9 Å². The van der Waals surface area contributed by atoms with Crippen molar-refractivity contribution in [1.82, 2.24) is 0 Å². The van der Waals surface area contributed by atoms with Gasteiger partial charge in [-0.1, -0.05) is 23.2 Å². The molecule has 1 rings (SSSR count). The van der Waals surface area contributed by atoms with Gasteiger partial charge in [0.15, 0.2) is 5.78 Å². The molecule has 4 nitrogen and oxygen atoms in total. The molecule has 19 heavy (non-hydrogen) atoms. The van der Waals surface area contributed by atoms with Gasteiger partial charge in [-0.25, -0.2) is 0 Å². The number of carboxylic acid groups (broad SMARTS) is 1. The number of aliphatic carboxylic acids is 1. The molecule has 0 aliphatic heterocycles. The highest BCUT2D eigenvalue weighted by molar-refractivity contribution is 6.42. The number of carbonyl (C=O) groups is 2. The minimum atomic E-state index is -1.27. The summed E-state index contributed by atoms with van der Waals surface area (Å²) in [5.74, 6) is -1.40. The van der Waals surface area contributed by atoms with Crippen molar-refractivity contribution in [3.05, 3.63) is 33.8 Å². The average Bonchev–Trinajstić information content (AvgIpc) is 2.32. The van der Waals surface area contributed by atoms with E-state index in [1.807, 2.05) is 0 Å². The SMILES string of the molecule is COCC(C)(CC(=O)c1ccc(Cl)c(Cl)c1)C(=O)O. The van der Waals surface area contributed by atoms with E-state index in [-0.39, 0.29) is 23.8 Å². The van der Waals surface area contributed by atoms with Gasteiger partial charge in [-0.2, -0.15) is 0 Å². The molecule has 0 aliphatic rings. The standard InChI is InChI=1S/C13H14Cl2O4/c1-13(7-19-2,12(17)18)6-11(16)8-3-4-9(14)10(15)5-8/h3-5H,6-7H2,1-2H3,(H,17,18). The molecule has 0 fully saturated rings. The number of hydrogen-bond acceptors (Lipinski definition) is 3. The highest BCUT2D eigenvalue weighted by atomic mass is 35.5. The summed E-state index contributed by atoms with van der Waals surface area (Å²) in [6, 6.07) is 4.46. The van der Waals surface area contributed by atoms with Crippen LogP contribution in [0.3, 0.4) is 0 Å². The smallest absolute Gasteiger partial charge is 0.312 e. The number of benzene rings is 1. The van der Waals surface area contributed by atoms with E-state index in [0.29, 0.717) is 10.6 Å². The predicted molar refractivity (Wildman–Crippen MR) is 73.0 cm³/mol. The van der Waals surface area contributed by atoms with Gasteiger partial charge in [0.1, 0.15) is 0 Å². The van der Waals surface area contributed by atoms with Crippen LogP contribution < -0.4 is 0 Å². The van der Waals surface area contributed by atoms with Crippen LogP contribution in [0.25, 0.3) is 0 Å². The molecule has 1 N–H and O–H groups in total. The van der Waals surface area contributed by atoms with Crippen molar-refractivity contribution in [1.29, 1.82) is 0 Å². The van der Waals surface area contributed by atoms with Gasteiger partial charge in [0.25, 0.3) is 0 Å². The fourth-order valence-corrected chi connectivity index (χ4v) is 1.93. The van der Waals surface area contributed by atoms with E-state index in [1.54, 1.807) is 0 Å². The van der Waals surface area contributed by atoms with Crippen molar-refractivity contribution in [2.24, 2.45) is 5.41 Å². The van der Waals surface area contributed by atoms with Crippen LogP contribution in [0.5, 0.6) is 0 Å². The number of ether oxygens (including phenoxy) is 1. The van der Waals surface area contributed by atoms with Crippen LogP contribution in [0.4, 0.5) is 0 Å². The molecule has 0 radical (unpaired) electrons. The molecule has 0 saturated heterocycles. The largest absolute Gasteiger partial charge is 0.481 e. The summed E-state index contributed by atoms with van der Waals surface area (Å²) < 4.78 is 4.87. The topological polar surface area (TPSA) is 63.6 Å². The third-order valence-corrected chi connectivity index (χ3v) is 3.51. The van der Waals surface area contributed by atoms with Crippen LogP contribution in [0.2, 0.25) is 10.0 Å². The Morgan fingerprint density at radius 2 is 1.95 bits per heavy atom. The summed E-state index contributed by atoms with van der Waals surface area (Å²) in [5, 5.41) is 9.78. The summed E-state index contributed by atoms with van der Waals surface area (Å²) in [7, 11) is 1.39. The predicted octanol–water partition coefficient (Wildman–Crippen LogP) is 3.30. The summed E-state index contributed by atoms with van der Waals surface area (Å²) in [6.07, 6.45) is -0.172. The molecule has 1 aromatic carbocycles. The Balaban J connectivity index is 2.94. The van der Waals surface area contributed by atoms with E-state index in [9.17, 15) is 14.7 Å². The fraction of sp³-hybridized carbons (Fsp3) is 0.385.